The number of carbonyl (C=O) groups is 1. The van der Waals surface area contributed by atoms with E-state index in [0.29, 0.717) is 23.8 Å². The quantitative estimate of drug-likeness (QED) is 0.612. The van der Waals surface area contributed by atoms with E-state index >= 15 is 0 Å². The summed E-state index contributed by atoms with van der Waals surface area (Å²) in [7, 11) is 0. The lowest BCUT2D eigenvalue weighted by Crippen LogP contribution is -2.24. The van der Waals surface area contributed by atoms with Gasteiger partial charge >= 0.3 is 6.03 Å². The molecule has 104 valence electrons. The highest BCUT2D eigenvalue weighted by molar-refractivity contribution is 5.82. The van der Waals surface area contributed by atoms with Gasteiger partial charge in [0.1, 0.15) is 11.6 Å². The number of primary amides is 1. The second-order valence-corrected chi connectivity index (χ2v) is 4.49. The summed E-state index contributed by atoms with van der Waals surface area (Å²) in [5, 5.41) is 3.56. The van der Waals surface area contributed by atoms with Gasteiger partial charge in [-0.2, -0.15) is 5.10 Å². The fraction of sp³-hybridized carbons (Fsp3) is 0.385. The molecule has 0 aliphatic rings. The van der Waals surface area contributed by atoms with Crippen molar-refractivity contribution in [3.8, 4) is 5.75 Å². The highest BCUT2D eigenvalue weighted by atomic mass is 19.1. The van der Waals surface area contributed by atoms with Gasteiger partial charge in [-0.1, -0.05) is 13.8 Å². The Bertz CT molecular complexity index is 461. The Morgan fingerprint density at radius 1 is 1.53 bits per heavy atom. The molecule has 2 amide bonds. The van der Waals surface area contributed by atoms with Crippen LogP contribution in [0.2, 0.25) is 0 Å². The van der Waals surface area contributed by atoms with Crippen LogP contribution >= 0.6 is 0 Å². The minimum Gasteiger partial charge on any atom is -0.493 e. The standard InChI is InChI=1S/C13H18FN3O2/c1-9(2)3-4-19-12-6-10(5-11(14)7-12)8-16-17-13(15)18/h5-9H,3-4H2,1-2H3,(H3,15,17,18). The zero-order valence-corrected chi connectivity index (χ0v) is 11.0. The summed E-state index contributed by atoms with van der Waals surface area (Å²) in [6.07, 6.45) is 2.19. The molecule has 0 aromatic heterocycles. The van der Waals surface area contributed by atoms with Gasteiger partial charge in [-0.05, 0) is 24.5 Å². The first kappa shape index (κ1) is 14.9. The Labute approximate surface area is 111 Å². The maximum absolute atomic E-state index is 13.3. The molecule has 5 nitrogen and oxygen atoms in total. The average molecular weight is 267 g/mol. The van der Waals surface area contributed by atoms with Gasteiger partial charge in [-0.3, -0.25) is 0 Å². The van der Waals surface area contributed by atoms with Crippen LogP contribution in [-0.2, 0) is 0 Å². The molecule has 0 fully saturated rings. The number of halogens is 1. The number of amides is 2. The van der Waals surface area contributed by atoms with Crippen LogP contribution in [0.3, 0.4) is 0 Å². The summed E-state index contributed by atoms with van der Waals surface area (Å²) in [4.78, 5) is 10.4. The molecule has 1 aromatic rings. The molecule has 0 atom stereocenters. The fourth-order valence-electron chi connectivity index (χ4n) is 1.33. The molecule has 0 radical (unpaired) electrons. The van der Waals surface area contributed by atoms with Crippen molar-refractivity contribution in [2.75, 3.05) is 6.61 Å². The largest absolute Gasteiger partial charge is 0.493 e. The van der Waals surface area contributed by atoms with E-state index in [1.807, 2.05) is 5.43 Å². The Kier molecular flexibility index (Phi) is 5.78. The van der Waals surface area contributed by atoms with Gasteiger partial charge in [0.2, 0.25) is 0 Å². The predicted molar refractivity (Wildman–Crippen MR) is 71.7 cm³/mol. The SMILES string of the molecule is CC(C)CCOc1cc(F)cc(C=NNC(N)=O)c1. The number of hydrogen-bond donors (Lipinski definition) is 2. The van der Waals surface area contributed by atoms with E-state index in [9.17, 15) is 9.18 Å². The van der Waals surface area contributed by atoms with Crippen LogP contribution in [0.25, 0.3) is 0 Å². The third-order valence-electron chi connectivity index (χ3n) is 2.25. The molecule has 0 bridgehead atoms. The van der Waals surface area contributed by atoms with Crippen LogP contribution < -0.4 is 15.9 Å². The van der Waals surface area contributed by atoms with E-state index in [2.05, 4.69) is 18.9 Å². The van der Waals surface area contributed by atoms with E-state index in [1.165, 1.54) is 18.3 Å². The van der Waals surface area contributed by atoms with Crippen LogP contribution in [0.5, 0.6) is 5.75 Å². The van der Waals surface area contributed by atoms with Gasteiger partial charge < -0.3 is 10.5 Å². The lowest BCUT2D eigenvalue weighted by molar-refractivity contribution is 0.249. The number of ether oxygens (including phenoxy) is 1. The number of urea groups is 1. The number of nitrogens with zero attached hydrogens (tertiary/aromatic N) is 1. The van der Waals surface area contributed by atoms with E-state index in [-0.39, 0.29) is 0 Å². The maximum Gasteiger partial charge on any atom is 0.332 e. The molecule has 0 unspecified atom stereocenters. The Hall–Kier alpha value is -2.11. The summed E-state index contributed by atoms with van der Waals surface area (Å²) in [6, 6.07) is 3.44. The molecule has 0 spiro atoms. The van der Waals surface area contributed by atoms with Crippen LogP contribution in [0.1, 0.15) is 25.8 Å². The third kappa shape index (κ3) is 6.40. The lowest BCUT2D eigenvalue weighted by Gasteiger charge is -2.08. The first-order chi connectivity index (χ1) is 8.97. The number of carbonyl (C=O) groups excluding carboxylic acids is 1. The summed E-state index contributed by atoms with van der Waals surface area (Å²) in [5.74, 6) is 0.526. The minimum atomic E-state index is -0.777. The van der Waals surface area contributed by atoms with E-state index in [4.69, 9.17) is 10.5 Å². The van der Waals surface area contributed by atoms with Crippen molar-refractivity contribution in [3.05, 3.63) is 29.6 Å². The molecular weight excluding hydrogens is 249 g/mol. The number of nitrogens with two attached hydrogens (primary N) is 1. The highest BCUT2D eigenvalue weighted by Crippen LogP contribution is 2.16. The molecule has 0 heterocycles. The number of benzene rings is 1. The molecule has 3 N–H and O–H groups in total. The van der Waals surface area contributed by atoms with E-state index in [1.54, 1.807) is 6.07 Å². The molecular formula is C13H18FN3O2. The maximum atomic E-state index is 13.3. The monoisotopic (exact) mass is 267 g/mol. The lowest BCUT2D eigenvalue weighted by atomic mass is 10.1. The Balaban J connectivity index is 2.65. The molecule has 19 heavy (non-hydrogen) atoms. The van der Waals surface area contributed by atoms with Crippen molar-refractivity contribution in [2.45, 2.75) is 20.3 Å². The number of nitrogens with one attached hydrogen (secondary N) is 1. The fourth-order valence-corrected chi connectivity index (χ4v) is 1.33. The van der Waals surface area contributed by atoms with Crippen molar-refractivity contribution < 1.29 is 13.9 Å². The van der Waals surface area contributed by atoms with Crippen LogP contribution in [-0.4, -0.2) is 18.9 Å². The third-order valence-corrected chi connectivity index (χ3v) is 2.25. The molecule has 0 aliphatic carbocycles. The second kappa shape index (κ2) is 7.35. The molecule has 0 saturated carbocycles. The smallest absolute Gasteiger partial charge is 0.332 e. The van der Waals surface area contributed by atoms with Crippen LogP contribution in [0.4, 0.5) is 9.18 Å². The minimum absolute atomic E-state index is 0.428. The summed E-state index contributed by atoms with van der Waals surface area (Å²) in [6.45, 7) is 4.70. The zero-order valence-electron chi connectivity index (χ0n) is 11.0. The number of hydrazone groups is 1. The Morgan fingerprint density at radius 2 is 2.26 bits per heavy atom. The first-order valence-corrected chi connectivity index (χ1v) is 5.99. The van der Waals surface area contributed by atoms with Gasteiger partial charge in [0, 0.05) is 11.6 Å². The topological polar surface area (TPSA) is 76.7 Å². The average Bonchev–Trinajstić information content (AvgIpc) is 2.27. The number of hydrogen-bond acceptors (Lipinski definition) is 3. The summed E-state index contributed by atoms with van der Waals surface area (Å²) < 4.78 is 18.8. The Morgan fingerprint density at radius 3 is 2.89 bits per heavy atom. The summed E-state index contributed by atoms with van der Waals surface area (Å²) in [5.41, 5.74) is 7.36. The van der Waals surface area contributed by atoms with Gasteiger partial charge in [0.25, 0.3) is 0 Å². The van der Waals surface area contributed by atoms with E-state index < -0.39 is 11.8 Å². The molecule has 0 saturated heterocycles. The van der Waals surface area contributed by atoms with Crippen LogP contribution in [0.15, 0.2) is 23.3 Å². The normalized spacial score (nSPS) is 10.9. The van der Waals surface area contributed by atoms with Crippen molar-refractivity contribution in [3.63, 3.8) is 0 Å². The highest BCUT2D eigenvalue weighted by Gasteiger charge is 2.02. The molecule has 1 aromatic carbocycles. The predicted octanol–water partition coefficient (Wildman–Crippen LogP) is 2.25. The second-order valence-electron chi connectivity index (χ2n) is 4.49. The molecule has 6 heteroatoms. The molecule has 0 aliphatic heterocycles. The van der Waals surface area contributed by atoms with Gasteiger partial charge in [0.05, 0.1) is 12.8 Å². The zero-order chi connectivity index (χ0) is 14.3. The number of rotatable bonds is 6. The van der Waals surface area contributed by atoms with Crippen molar-refractivity contribution in [1.29, 1.82) is 0 Å². The van der Waals surface area contributed by atoms with Crippen LogP contribution in [0, 0.1) is 11.7 Å². The van der Waals surface area contributed by atoms with Gasteiger partial charge in [-0.25, -0.2) is 14.6 Å². The first-order valence-electron chi connectivity index (χ1n) is 5.99. The van der Waals surface area contributed by atoms with Gasteiger partial charge in [0.15, 0.2) is 0 Å². The molecule has 1 rings (SSSR count). The van der Waals surface area contributed by atoms with Crippen molar-refractivity contribution in [2.24, 2.45) is 16.8 Å². The van der Waals surface area contributed by atoms with E-state index in [0.717, 1.165) is 6.42 Å². The van der Waals surface area contributed by atoms with Crippen molar-refractivity contribution in [1.82, 2.24) is 5.43 Å². The van der Waals surface area contributed by atoms with Gasteiger partial charge in [-0.15, -0.1) is 0 Å². The summed E-state index contributed by atoms with van der Waals surface area (Å²) >= 11 is 0. The van der Waals surface area contributed by atoms with Crippen molar-refractivity contribution >= 4 is 12.2 Å².